The molecule has 3 heteroatoms. The second-order valence-corrected chi connectivity index (χ2v) is 5.29. The fraction of sp³-hybridized carbons (Fsp3) is 0.643. The summed E-state index contributed by atoms with van der Waals surface area (Å²) in [6, 6.07) is 6.73. The van der Waals surface area contributed by atoms with Gasteiger partial charge >= 0.3 is 0 Å². The molecular weight excluding hydrogens is 210 g/mol. The van der Waals surface area contributed by atoms with Crippen LogP contribution < -0.4 is 5.73 Å². The van der Waals surface area contributed by atoms with Gasteiger partial charge in [-0.2, -0.15) is 0 Å². The van der Waals surface area contributed by atoms with Crippen LogP contribution in [0.25, 0.3) is 0 Å². The first-order valence-electron chi connectivity index (χ1n) is 6.58. The van der Waals surface area contributed by atoms with Crippen LogP contribution in [0.2, 0.25) is 0 Å². The number of hydrogen-bond donors (Lipinski definition) is 1. The van der Waals surface area contributed by atoms with Crippen LogP contribution >= 0.6 is 0 Å². The zero-order chi connectivity index (χ0) is 12.3. The maximum atomic E-state index is 5.62. The van der Waals surface area contributed by atoms with Crippen molar-refractivity contribution in [3.05, 3.63) is 29.6 Å². The van der Waals surface area contributed by atoms with Gasteiger partial charge in [0.1, 0.15) is 0 Å². The monoisotopic (exact) mass is 233 g/mol. The third-order valence-electron chi connectivity index (χ3n) is 3.36. The highest BCUT2D eigenvalue weighted by Gasteiger charge is 2.25. The van der Waals surface area contributed by atoms with E-state index in [4.69, 9.17) is 5.73 Å². The van der Waals surface area contributed by atoms with Crippen LogP contribution in [0.1, 0.15) is 38.1 Å². The molecule has 94 valence electrons. The molecule has 3 nitrogen and oxygen atoms in total. The summed E-state index contributed by atoms with van der Waals surface area (Å²) < 4.78 is 0. The van der Waals surface area contributed by atoms with Crippen molar-refractivity contribution in [3.8, 4) is 0 Å². The number of nitrogens with two attached hydrogens (primary N) is 1. The molecular formula is C14H23N3. The highest BCUT2D eigenvalue weighted by atomic mass is 15.2. The third kappa shape index (κ3) is 3.79. The van der Waals surface area contributed by atoms with Crippen molar-refractivity contribution in [2.75, 3.05) is 6.54 Å². The second kappa shape index (κ2) is 5.61. The Kier molecular flexibility index (Phi) is 4.13. The van der Waals surface area contributed by atoms with Crippen molar-refractivity contribution in [2.24, 2.45) is 11.7 Å². The van der Waals surface area contributed by atoms with E-state index in [9.17, 15) is 0 Å². The lowest BCUT2D eigenvalue weighted by Crippen LogP contribution is -2.32. The van der Waals surface area contributed by atoms with E-state index in [2.05, 4.69) is 35.9 Å². The third-order valence-corrected chi connectivity index (χ3v) is 3.36. The maximum Gasteiger partial charge on any atom is 0.0547 e. The molecule has 0 atom stereocenters. The quantitative estimate of drug-likeness (QED) is 0.818. The Hall–Kier alpha value is -0.930. The molecule has 0 radical (unpaired) electrons. The van der Waals surface area contributed by atoms with Gasteiger partial charge in [0.15, 0.2) is 0 Å². The summed E-state index contributed by atoms with van der Waals surface area (Å²) in [5, 5.41) is 0. The molecule has 17 heavy (non-hydrogen) atoms. The fourth-order valence-corrected chi connectivity index (χ4v) is 2.03. The Morgan fingerprint density at radius 1 is 1.35 bits per heavy atom. The van der Waals surface area contributed by atoms with Crippen LogP contribution in [-0.4, -0.2) is 22.5 Å². The molecule has 0 amide bonds. The van der Waals surface area contributed by atoms with Crippen molar-refractivity contribution in [2.45, 2.75) is 45.8 Å². The Bertz CT molecular complexity index is 358. The molecule has 1 aromatic rings. The Balaban J connectivity index is 1.99. The summed E-state index contributed by atoms with van der Waals surface area (Å²) in [4.78, 5) is 7.09. The van der Waals surface area contributed by atoms with Gasteiger partial charge in [-0.3, -0.25) is 9.88 Å². The zero-order valence-electron chi connectivity index (χ0n) is 10.9. The highest BCUT2D eigenvalue weighted by molar-refractivity contribution is 5.11. The van der Waals surface area contributed by atoms with Crippen molar-refractivity contribution in [1.82, 2.24) is 9.88 Å². The smallest absolute Gasteiger partial charge is 0.0547 e. The van der Waals surface area contributed by atoms with Crippen LogP contribution in [0.4, 0.5) is 0 Å². The first kappa shape index (κ1) is 12.5. The van der Waals surface area contributed by atoms with Gasteiger partial charge in [0.25, 0.3) is 0 Å². The Morgan fingerprint density at radius 3 is 2.65 bits per heavy atom. The minimum Gasteiger partial charge on any atom is -0.325 e. The average Bonchev–Trinajstić information content (AvgIpc) is 3.12. The van der Waals surface area contributed by atoms with Crippen molar-refractivity contribution in [3.63, 3.8) is 0 Å². The van der Waals surface area contributed by atoms with E-state index >= 15 is 0 Å². The van der Waals surface area contributed by atoms with Gasteiger partial charge in [0.2, 0.25) is 0 Å². The number of hydrogen-bond acceptors (Lipinski definition) is 3. The topological polar surface area (TPSA) is 42.1 Å². The Labute approximate surface area is 104 Å². The number of rotatable bonds is 6. The molecule has 0 aromatic carbocycles. The fourth-order valence-electron chi connectivity index (χ4n) is 2.03. The molecule has 0 saturated heterocycles. The van der Waals surface area contributed by atoms with Gasteiger partial charge in [-0.15, -0.1) is 0 Å². The van der Waals surface area contributed by atoms with Gasteiger partial charge in [-0.1, -0.05) is 6.07 Å². The van der Waals surface area contributed by atoms with Crippen molar-refractivity contribution in [1.29, 1.82) is 0 Å². The molecule has 1 saturated carbocycles. The minimum atomic E-state index is 0.526. The molecule has 1 fully saturated rings. The van der Waals surface area contributed by atoms with E-state index in [1.807, 2.05) is 6.07 Å². The van der Waals surface area contributed by atoms with E-state index < -0.39 is 0 Å². The summed E-state index contributed by atoms with van der Waals surface area (Å²) in [6.07, 6.45) is 2.80. The standard InChI is InChI=1S/C14H23N3/c1-11(2)17(9-12-6-7-12)10-14-5-3-4-13(8-15)16-14/h3-5,11-12H,6-10,15H2,1-2H3. The maximum absolute atomic E-state index is 5.62. The summed E-state index contributed by atoms with van der Waals surface area (Å²) >= 11 is 0. The van der Waals surface area contributed by atoms with E-state index in [1.165, 1.54) is 19.4 Å². The SMILES string of the molecule is CC(C)N(Cc1cccc(CN)n1)CC1CC1. The molecule has 2 rings (SSSR count). The first-order chi connectivity index (χ1) is 8.19. The van der Waals surface area contributed by atoms with E-state index in [0.29, 0.717) is 12.6 Å². The summed E-state index contributed by atoms with van der Waals surface area (Å²) in [6.45, 7) is 7.21. The van der Waals surface area contributed by atoms with Crippen LogP contribution in [0.3, 0.4) is 0 Å². The van der Waals surface area contributed by atoms with Crippen LogP contribution in [0, 0.1) is 5.92 Å². The Morgan fingerprint density at radius 2 is 2.06 bits per heavy atom. The minimum absolute atomic E-state index is 0.526. The lowest BCUT2D eigenvalue weighted by molar-refractivity contribution is 0.201. The summed E-state index contributed by atoms with van der Waals surface area (Å²) in [5.74, 6) is 0.926. The molecule has 0 bridgehead atoms. The van der Waals surface area contributed by atoms with E-state index in [0.717, 1.165) is 23.9 Å². The second-order valence-electron chi connectivity index (χ2n) is 5.29. The molecule has 0 spiro atoms. The van der Waals surface area contributed by atoms with E-state index in [-0.39, 0.29) is 0 Å². The van der Waals surface area contributed by atoms with Crippen LogP contribution in [0.5, 0.6) is 0 Å². The molecule has 1 aliphatic carbocycles. The number of nitrogens with zero attached hydrogens (tertiary/aromatic N) is 2. The van der Waals surface area contributed by atoms with Crippen molar-refractivity contribution < 1.29 is 0 Å². The lowest BCUT2D eigenvalue weighted by Gasteiger charge is -2.26. The number of pyridine rings is 1. The predicted octanol–water partition coefficient (Wildman–Crippen LogP) is 2.16. The van der Waals surface area contributed by atoms with Crippen molar-refractivity contribution >= 4 is 0 Å². The normalized spacial score (nSPS) is 15.8. The highest BCUT2D eigenvalue weighted by Crippen LogP contribution is 2.30. The zero-order valence-corrected chi connectivity index (χ0v) is 10.9. The van der Waals surface area contributed by atoms with Gasteiger partial charge < -0.3 is 5.73 Å². The molecule has 1 aromatic heterocycles. The van der Waals surface area contributed by atoms with Gasteiger partial charge in [0, 0.05) is 25.7 Å². The van der Waals surface area contributed by atoms with E-state index in [1.54, 1.807) is 0 Å². The molecule has 0 aliphatic heterocycles. The van der Waals surface area contributed by atoms with Gasteiger partial charge in [-0.05, 0) is 44.7 Å². The van der Waals surface area contributed by atoms with Gasteiger partial charge in [-0.25, -0.2) is 0 Å². The predicted molar refractivity (Wildman–Crippen MR) is 70.4 cm³/mol. The van der Waals surface area contributed by atoms with Gasteiger partial charge in [0.05, 0.1) is 11.4 Å². The van der Waals surface area contributed by atoms with Crippen LogP contribution in [0.15, 0.2) is 18.2 Å². The summed E-state index contributed by atoms with van der Waals surface area (Å²) in [7, 11) is 0. The summed E-state index contributed by atoms with van der Waals surface area (Å²) in [5.41, 5.74) is 7.75. The number of aromatic nitrogens is 1. The lowest BCUT2D eigenvalue weighted by atomic mass is 10.2. The average molecular weight is 233 g/mol. The molecule has 1 heterocycles. The molecule has 2 N–H and O–H groups in total. The first-order valence-corrected chi connectivity index (χ1v) is 6.58. The largest absolute Gasteiger partial charge is 0.325 e. The van der Waals surface area contributed by atoms with Crippen LogP contribution in [-0.2, 0) is 13.1 Å². The molecule has 1 aliphatic rings. The molecule has 0 unspecified atom stereocenters.